The van der Waals surface area contributed by atoms with Gasteiger partial charge in [0, 0.05) is 22.0 Å². The van der Waals surface area contributed by atoms with E-state index in [0.717, 1.165) is 5.56 Å². The van der Waals surface area contributed by atoms with Crippen molar-refractivity contribution in [1.82, 2.24) is 10.7 Å². The zero-order valence-corrected chi connectivity index (χ0v) is 20.8. The number of hydrogen-bond donors (Lipinski definition) is 3. The van der Waals surface area contributed by atoms with Crippen molar-refractivity contribution >= 4 is 52.8 Å². The third-order valence-corrected chi connectivity index (χ3v) is 5.62. The van der Waals surface area contributed by atoms with Crippen molar-refractivity contribution < 1.29 is 19.4 Å². The van der Waals surface area contributed by atoms with Crippen molar-refractivity contribution in [3.63, 3.8) is 0 Å². The predicted octanol–water partition coefficient (Wildman–Crippen LogP) is 5.00. The van der Waals surface area contributed by atoms with Crippen molar-refractivity contribution in [2.75, 3.05) is 0 Å². The number of phenolic OH excluding ortho intramolecular Hbond substituents is 1. The first kappa shape index (κ1) is 26.3. The van der Waals surface area contributed by atoms with E-state index in [2.05, 4.69) is 15.8 Å². The summed E-state index contributed by atoms with van der Waals surface area (Å²) < 4.78 is 5.65. The smallest absolute Gasteiger partial charge is 0.262 e. The second-order valence-electron chi connectivity index (χ2n) is 7.52. The number of halogens is 3. The van der Waals surface area contributed by atoms with Crippen LogP contribution in [0, 0.1) is 0 Å². The molecule has 2 amide bonds. The molecule has 0 saturated carbocycles. The number of benzene rings is 3. The van der Waals surface area contributed by atoms with Crippen molar-refractivity contribution in [2.24, 2.45) is 5.10 Å². The normalized spacial score (nSPS) is 12.7. The number of nitrogens with zero attached hydrogens (tertiary/aromatic N) is 1. The first-order valence-electron chi connectivity index (χ1n) is 10.5. The summed E-state index contributed by atoms with van der Waals surface area (Å²) in [5.41, 5.74) is 3.55. The highest BCUT2D eigenvalue weighted by Crippen LogP contribution is 2.28. The maximum atomic E-state index is 12.9. The van der Waals surface area contributed by atoms with Crippen LogP contribution in [0.3, 0.4) is 0 Å². The van der Waals surface area contributed by atoms with Gasteiger partial charge in [0.05, 0.1) is 11.2 Å². The van der Waals surface area contributed by atoms with Gasteiger partial charge in [0.2, 0.25) is 0 Å². The van der Waals surface area contributed by atoms with Gasteiger partial charge in [-0.25, -0.2) is 5.43 Å². The Labute approximate surface area is 217 Å². The highest BCUT2D eigenvalue weighted by molar-refractivity contribution is 6.35. The summed E-state index contributed by atoms with van der Waals surface area (Å²) in [6.45, 7) is 1.54. The molecule has 0 saturated heterocycles. The molecule has 0 aromatic heterocycles. The molecule has 0 bridgehead atoms. The third kappa shape index (κ3) is 7.89. The minimum atomic E-state index is -0.957. The van der Waals surface area contributed by atoms with Gasteiger partial charge in [-0.1, -0.05) is 65.1 Å². The Balaban J connectivity index is 1.70. The van der Waals surface area contributed by atoms with E-state index >= 15 is 0 Å². The lowest BCUT2D eigenvalue weighted by atomic mass is 10.1. The Bertz CT molecular complexity index is 1220. The van der Waals surface area contributed by atoms with E-state index in [9.17, 15) is 14.7 Å². The lowest BCUT2D eigenvalue weighted by Crippen LogP contribution is -2.50. The number of carbonyl (C=O) groups excluding carboxylic acids is 2. The first-order valence-corrected chi connectivity index (χ1v) is 11.6. The zero-order valence-electron chi connectivity index (χ0n) is 18.5. The van der Waals surface area contributed by atoms with Crippen LogP contribution in [0.1, 0.15) is 18.1 Å². The molecule has 2 atom stereocenters. The van der Waals surface area contributed by atoms with Gasteiger partial charge in [0.25, 0.3) is 11.8 Å². The Hall–Kier alpha value is -3.26. The van der Waals surface area contributed by atoms with Crippen LogP contribution in [-0.2, 0) is 16.0 Å². The van der Waals surface area contributed by atoms with Crippen LogP contribution in [0.15, 0.2) is 71.8 Å². The average Bonchev–Trinajstić information content (AvgIpc) is 2.83. The lowest BCUT2D eigenvalue weighted by Gasteiger charge is -2.21. The largest absolute Gasteiger partial charge is 0.507 e. The van der Waals surface area contributed by atoms with Crippen molar-refractivity contribution in [1.29, 1.82) is 0 Å². The summed E-state index contributed by atoms with van der Waals surface area (Å²) in [4.78, 5) is 25.7. The van der Waals surface area contributed by atoms with E-state index in [4.69, 9.17) is 39.5 Å². The zero-order chi connectivity index (χ0) is 25.4. The number of hydrazone groups is 1. The monoisotopic (exact) mass is 533 g/mol. The fraction of sp³-hybridized carbons (Fsp3) is 0.160. The van der Waals surface area contributed by atoms with Gasteiger partial charge in [-0.05, 0) is 48.9 Å². The second-order valence-corrected chi connectivity index (χ2v) is 8.80. The van der Waals surface area contributed by atoms with E-state index in [1.165, 1.54) is 37.4 Å². The highest BCUT2D eigenvalue weighted by atomic mass is 35.5. The molecule has 7 nitrogen and oxygen atoms in total. The van der Waals surface area contributed by atoms with E-state index in [1.807, 2.05) is 30.3 Å². The molecule has 0 aliphatic heterocycles. The molecule has 3 N–H and O–H groups in total. The molecule has 10 heteroatoms. The lowest BCUT2D eigenvalue weighted by molar-refractivity contribution is -0.132. The number of rotatable bonds is 9. The van der Waals surface area contributed by atoms with Crippen LogP contribution < -0.4 is 15.5 Å². The molecule has 0 spiro atoms. The van der Waals surface area contributed by atoms with E-state index in [0.29, 0.717) is 15.6 Å². The maximum absolute atomic E-state index is 12.9. The van der Waals surface area contributed by atoms with Crippen molar-refractivity contribution in [2.45, 2.75) is 25.5 Å². The quantitative estimate of drug-likeness (QED) is 0.266. The molecule has 0 heterocycles. The van der Waals surface area contributed by atoms with Gasteiger partial charge in [-0.2, -0.15) is 5.10 Å². The van der Waals surface area contributed by atoms with Crippen LogP contribution in [0.2, 0.25) is 15.1 Å². The summed E-state index contributed by atoms with van der Waals surface area (Å²) in [5.74, 6) is -0.845. The predicted molar refractivity (Wildman–Crippen MR) is 137 cm³/mol. The van der Waals surface area contributed by atoms with Crippen molar-refractivity contribution in [3.8, 4) is 11.5 Å². The first-order chi connectivity index (χ1) is 16.7. The van der Waals surface area contributed by atoms with Crippen LogP contribution in [-0.4, -0.2) is 35.3 Å². The molecule has 0 aliphatic rings. The highest BCUT2D eigenvalue weighted by Gasteiger charge is 2.25. The number of nitrogens with one attached hydrogen (secondary N) is 2. The fourth-order valence-electron chi connectivity index (χ4n) is 3.04. The molecule has 0 fully saturated rings. The summed E-state index contributed by atoms with van der Waals surface area (Å²) >= 11 is 17.9. The Morgan fingerprint density at radius 2 is 1.69 bits per heavy atom. The molecule has 0 radical (unpaired) electrons. The van der Waals surface area contributed by atoms with Gasteiger partial charge < -0.3 is 15.2 Å². The van der Waals surface area contributed by atoms with Crippen LogP contribution in [0.25, 0.3) is 0 Å². The molecule has 3 aromatic rings. The number of phenols is 1. The average molecular weight is 535 g/mol. The molecular weight excluding hydrogens is 513 g/mol. The number of ether oxygens (including phenoxy) is 1. The molecule has 35 heavy (non-hydrogen) atoms. The van der Waals surface area contributed by atoms with Gasteiger partial charge in [0.15, 0.2) is 6.10 Å². The molecule has 3 rings (SSSR count). The molecule has 0 unspecified atom stereocenters. The standard InChI is InChI=1S/C25H22Cl3N3O4/c1-15(35-23-10-8-19(27)13-20(23)28)24(33)30-21(11-16-5-3-2-4-6-16)25(34)31-29-14-17-12-18(26)7-9-22(17)32/h2-10,12-15,21,32H,11H2,1H3,(H,30,33)(H,31,34)/b29-14-/t15-,21-/m0/s1. The molecule has 3 aromatic carbocycles. The number of hydrogen-bond acceptors (Lipinski definition) is 5. The second kappa shape index (κ2) is 12.4. The summed E-state index contributed by atoms with van der Waals surface area (Å²) in [6.07, 6.45) is 0.520. The van der Waals surface area contributed by atoms with E-state index < -0.39 is 24.0 Å². The van der Waals surface area contributed by atoms with Gasteiger partial charge in [0.1, 0.15) is 17.5 Å². The number of amides is 2. The molecular formula is C25H22Cl3N3O4. The van der Waals surface area contributed by atoms with Crippen LogP contribution in [0.5, 0.6) is 11.5 Å². The summed E-state index contributed by atoms with van der Waals surface area (Å²) in [5, 5.41) is 17.6. The third-order valence-electron chi connectivity index (χ3n) is 4.85. The molecule has 0 aliphatic carbocycles. The Morgan fingerprint density at radius 1 is 1.00 bits per heavy atom. The minimum absolute atomic E-state index is 0.0478. The van der Waals surface area contributed by atoms with Crippen LogP contribution >= 0.6 is 34.8 Å². The Kier molecular flexibility index (Phi) is 9.37. The fourth-order valence-corrected chi connectivity index (χ4v) is 3.67. The van der Waals surface area contributed by atoms with E-state index in [1.54, 1.807) is 12.1 Å². The number of carbonyl (C=O) groups is 2. The SMILES string of the molecule is C[C@H](Oc1ccc(Cl)cc1Cl)C(=O)N[C@@H](Cc1ccccc1)C(=O)N/N=C\c1cc(Cl)ccc1O. The molecule has 182 valence electrons. The maximum Gasteiger partial charge on any atom is 0.262 e. The topological polar surface area (TPSA) is 100 Å². The van der Waals surface area contributed by atoms with Crippen molar-refractivity contribution in [3.05, 3.63) is 92.9 Å². The summed E-state index contributed by atoms with van der Waals surface area (Å²) in [7, 11) is 0. The van der Waals surface area contributed by atoms with Gasteiger partial charge >= 0.3 is 0 Å². The minimum Gasteiger partial charge on any atom is -0.507 e. The van der Waals surface area contributed by atoms with E-state index in [-0.39, 0.29) is 22.9 Å². The Morgan fingerprint density at radius 3 is 2.40 bits per heavy atom. The van der Waals surface area contributed by atoms with Crippen LogP contribution in [0.4, 0.5) is 0 Å². The van der Waals surface area contributed by atoms with Gasteiger partial charge in [-0.15, -0.1) is 0 Å². The number of aromatic hydroxyl groups is 1. The van der Waals surface area contributed by atoms with Gasteiger partial charge in [-0.3, -0.25) is 9.59 Å². The summed E-state index contributed by atoms with van der Waals surface area (Å²) in [6, 6.07) is 17.3.